The molecule has 0 unspecified atom stereocenters. The van der Waals surface area contributed by atoms with Crippen LogP contribution in [0.15, 0.2) is 30.3 Å². The maximum Gasteiger partial charge on any atom is 0.236 e. The predicted molar refractivity (Wildman–Crippen MR) is 124 cm³/mol. The molecular formula is C25H36N4O3. The molecule has 174 valence electrons. The van der Waals surface area contributed by atoms with Gasteiger partial charge in [-0.1, -0.05) is 18.2 Å². The number of carbonyl (C=O) groups excluding carboxylic acids is 3. The monoisotopic (exact) mass is 440 g/mol. The molecule has 3 aliphatic heterocycles. The van der Waals surface area contributed by atoms with E-state index in [1.54, 1.807) is 0 Å². The summed E-state index contributed by atoms with van der Waals surface area (Å²) in [6, 6.07) is 9.52. The Bertz CT molecular complexity index is 778. The molecule has 1 N–H and O–H groups in total. The fourth-order valence-electron chi connectivity index (χ4n) is 5.14. The molecule has 0 atom stereocenters. The predicted octanol–water partition coefficient (Wildman–Crippen LogP) is 2.59. The highest BCUT2D eigenvalue weighted by molar-refractivity contribution is 5.92. The maximum absolute atomic E-state index is 12.8. The summed E-state index contributed by atoms with van der Waals surface area (Å²) >= 11 is 0. The Morgan fingerprint density at radius 2 is 1.41 bits per heavy atom. The Kier molecular flexibility index (Phi) is 7.79. The summed E-state index contributed by atoms with van der Waals surface area (Å²) in [6.45, 7) is 5.37. The second-order valence-electron chi connectivity index (χ2n) is 9.52. The number of carbonyl (C=O) groups is 3. The van der Waals surface area contributed by atoms with Crippen molar-refractivity contribution >= 4 is 23.4 Å². The van der Waals surface area contributed by atoms with Gasteiger partial charge in [0.15, 0.2) is 0 Å². The van der Waals surface area contributed by atoms with Crippen LogP contribution in [0.2, 0.25) is 0 Å². The number of rotatable bonds is 6. The number of hydrogen-bond acceptors (Lipinski definition) is 4. The van der Waals surface area contributed by atoms with Crippen LogP contribution in [0.25, 0.3) is 0 Å². The number of piperidine rings is 2. The lowest BCUT2D eigenvalue weighted by Crippen LogP contribution is -2.47. The van der Waals surface area contributed by atoms with Crippen LogP contribution in [0.5, 0.6) is 0 Å². The molecule has 0 aromatic heterocycles. The molecule has 7 heteroatoms. The first-order chi connectivity index (χ1) is 15.6. The zero-order chi connectivity index (χ0) is 22.3. The van der Waals surface area contributed by atoms with Gasteiger partial charge in [0.2, 0.25) is 17.7 Å². The number of likely N-dealkylation sites (tertiary alicyclic amines) is 3. The van der Waals surface area contributed by atoms with Gasteiger partial charge in [-0.2, -0.15) is 0 Å². The molecule has 0 spiro atoms. The van der Waals surface area contributed by atoms with Crippen molar-refractivity contribution in [1.82, 2.24) is 14.7 Å². The van der Waals surface area contributed by atoms with E-state index in [-0.39, 0.29) is 17.7 Å². The minimum absolute atomic E-state index is 0.0388. The topological polar surface area (TPSA) is 73.0 Å². The zero-order valence-corrected chi connectivity index (χ0v) is 19.0. The molecule has 3 aliphatic rings. The lowest BCUT2D eigenvalue weighted by molar-refractivity contribution is -0.136. The summed E-state index contributed by atoms with van der Waals surface area (Å²) in [5, 5.41) is 2.98. The minimum atomic E-state index is -0.0388. The molecule has 4 rings (SSSR count). The van der Waals surface area contributed by atoms with Gasteiger partial charge in [-0.3, -0.25) is 19.3 Å². The summed E-state index contributed by atoms with van der Waals surface area (Å²) in [5.74, 6) is 0.944. The normalized spacial score (nSPS) is 21.0. The van der Waals surface area contributed by atoms with E-state index in [4.69, 9.17) is 0 Å². The smallest absolute Gasteiger partial charge is 0.236 e. The Morgan fingerprint density at radius 3 is 2.06 bits per heavy atom. The fourth-order valence-corrected chi connectivity index (χ4v) is 5.14. The number of para-hydroxylation sites is 1. The van der Waals surface area contributed by atoms with Gasteiger partial charge in [-0.05, 0) is 69.7 Å². The zero-order valence-electron chi connectivity index (χ0n) is 19.0. The number of nitrogens with zero attached hydrogens (tertiary/aromatic N) is 3. The van der Waals surface area contributed by atoms with Gasteiger partial charge in [-0.25, -0.2) is 0 Å². The molecular weight excluding hydrogens is 404 g/mol. The number of benzene rings is 1. The average molecular weight is 441 g/mol. The van der Waals surface area contributed by atoms with Gasteiger partial charge in [0.05, 0.1) is 6.54 Å². The molecule has 0 radical (unpaired) electrons. The van der Waals surface area contributed by atoms with Gasteiger partial charge >= 0.3 is 0 Å². The highest BCUT2D eigenvalue weighted by atomic mass is 16.2. The van der Waals surface area contributed by atoms with E-state index in [1.807, 2.05) is 40.1 Å². The molecule has 3 amide bonds. The summed E-state index contributed by atoms with van der Waals surface area (Å²) in [7, 11) is 0. The molecule has 3 heterocycles. The van der Waals surface area contributed by atoms with E-state index in [9.17, 15) is 14.4 Å². The van der Waals surface area contributed by atoms with Crippen LogP contribution in [0.4, 0.5) is 5.69 Å². The molecule has 0 saturated carbocycles. The lowest BCUT2D eigenvalue weighted by Gasteiger charge is -2.35. The van der Waals surface area contributed by atoms with E-state index < -0.39 is 0 Å². The second kappa shape index (κ2) is 10.9. The van der Waals surface area contributed by atoms with Crippen molar-refractivity contribution in [3.05, 3.63) is 30.3 Å². The van der Waals surface area contributed by atoms with Crippen LogP contribution in [0.3, 0.4) is 0 Å². The summed E-state index contributed by atoms with van der Waals surface area (Å²) in [6.07, 6.45) is 6.36. The summed E-state index contributed by atoms with van der Waals surface area (Å²) in [5.41, 5.74) is 0.821. The van der Waals surface area contributed by atoms with Crippen molar-refractivity contribution in [1.29, 1.82) is 0 Å². The van der Waals surface area contributed by atoms with Crippen LogP contribution in [0, 0.1) is 11.8 Å². The first-order valence-electron chi connectivity index (χ1n) is 12.2. The molecule has 0 bridgehead atoms. The van der Waals surface area contributed by atoms with Crippen LogP contribution >= 0.6 is 0 Å². The number of nitrogens with one attached hydrogen (secondary N) is 1. The fraction of sp³-hybridized carbons (Fsp3) is 0.640. The van der Waals surface area contributed by atoms with Crippen molar-refractivity contribution in [2.75, 3.05) is 51.1 Å². The SMILES string of the molecule is O=C(Nc1ccccc1)C1CCN(C(=O)CN2CCC(CC(=O)N3CCCC3)CC2)CC1. The van der Waals surface area contributed by atoms with Gasteiger partial charge in [0.25, 0.3) is 0 Å². The van der Waals surface area contributed by atoms with E-state index in [0.717, 1.165) is 57.5 Å². The van der Waals surface area contributed by atoms with Crippen molar-refractivity contribution in [3.8, 4) is 0 Å². The van der Waals surface area contributed by atoms with E-state index in [2.05, 4.69) is 10.2 Å². The van der Waals surface area contributed by atoms with Crippen LogP contribution in [-0.4, -0.2) is 78.2 Å². The molecule has 1 aromatic carbocycles. The Labute approximate surface area is 191 Å². The first-order valence-corrected chi connectivity index (χ1v) is 12.2. The van der Waals surface area contributed by atoms with Gasteiger partial charge in [0.1, 0.15) is 0 Å². The first kappa shape index (κ1) is 22.8. The molecule has 1 aromatic rings. The number of amides is 3. The third-order valence-corrected chi connectivity index (χ3v) is 7.25. The van der Waals surface area contributed by atoms with Gasteiger partial charge in [-0.15, -0.1) is 0 Å². The lowest BCUT2D eigenvalue weighted by atomic mass is 9.93. The largest absolute Gasteiger partial charge is 0.343 e. The standard InChI is InChI=1S/C25H36N4O3/c30-23(28-12-4-5-13-28)18-20-8-14-27(15-9-20)19-24(31)29-16-10-21(11-17-29)25(32)26-22-6-2-1-3-7-22/h1-3,6-7,20-21H,4-5,8-19H2,(H,26,32). The quantitative estimate of drug-likeness (QED) is 0.738. The van der Waals surface area contributed by atoms with Crippen molar-refractivity contribution in [2.45, 2.75) is 44.9 Å². The Hall–Kier alpha value is -2.41. The summed E-state index contributed by atoms with van der Waals surface area (Å²) < 4.78 is 0. The van der Waals surface area contributed by atoms with Crippen molar-refractivity contribution < 1.29 is 14.4 Å². The van der Waals surface area contributed by atoms with E-state index >= 15 is 0 Å². The van der Waals surface area contributed by atoms with Gasteiger partial charge < -0.3 is 15.1 Å². The number of hydrogen-bond donors (Lipinski definition) is 1. The number of anilines is 1. The van der Waals surface area contributed by atoms with Gasteiger partial charge in [0, 0.05) is 44.2 Å². The molecule has 0 aliphatic carbocycles. The van der Waals surface area contributed by atoms with Crippen molar-refractivity contribution in [2.24, 2.45) is 11.8 Å². The van der Waals surface area contributed by atoms with Crippen LogP contribution in [0.1, 0.15) is 44.9 Å². The third-order valence-electron chi connectivity index (χ3n) is 7.25. The van der Waals surface area contributed by atoms with Crippen molar-refractivity contribution in [3.63, 3.8) is 0 Å². The molecule has 3 fully saturated rings. The molecule has 3 saturated heterocycles. The second-order valence-corrected chi connectivity index (χ2v) is 9.52. The Balaban J connectivity index is 1.14. The van der Waals surface area contributed by atoms with Crippen LogP contribution < -0.4 is 5.32 Å². The third kappa shape index (κ3) is 6.09. The maximum atomic E-state index is 12.8. The van der Waals surface area contributed by atoms with Crippen LogP contribution in [-0.2, 0) is 14.4 Å². The Morgan fingerprint density at radius 1 is 0.781 bits per heavy atom. The molecule has 7 nitrogen and oxygen atoms in total. The average Bonchev–Trinajstić information content (AvgIpc) is 3.36. The van der Waals surface area contributed by atoms with E-state index in [1.165, 1.54) is 0 Å². The minimum Gasteiger partial charge on any atom is -0.343 e. The highest BCUT2D eigenvalue weighted by Gasteiger charge is 2.30. The highest BCUT2D eigenvalue weighted by Crippen LogP contribution is 2.24. The molecule has 32 heavy (non-hydrogen) atoms. The van der Waals surface area contributed by atoms with E-state index in [0.29, 0.717) is 50.7 Å². The summed E-state index contributed by atoms with van der Waals surface area (Å²) in [4.78, 5) is 43.8.